The van der Waals surface area contributed by atoms with Crippen molar-refractivity contribution in [3.05, 3.63) is 29.8 Å². The standard InChI is InChI=1S/C14H21NO3S/c1-10(15-13(16)14(2,3)4)11-6-8-12(9-7-11)19(5,17)18/h6-10H,1-5H3,(H,15,16). The van der Waals surface area contributed by atoms with Crippen LogP contribution in [0.4, 0.5) is 0 Å². The first-order valence-electron chi connectivity index (χ1n) is 6.13. The van der Waals surface area contributed by atoms with Gasteiger partial charge in [-0.3, -0.25) is 4.79 Å². The predicted octanol–water partition coefficient (Wildman–Crippen LogP) is 2.31. The van der Waals surface area contributed by atoms with E-state index in [1.165, 1.54) is 6.26 Å². The molecule has 1 N–H and O–H groups in total. The summed E-state index contributed by atoms with van der Waals surface area (Å²) in [7, 11) is -3.18. The van der Waals surface area contributed by atoms with Crippen LogP contribution in [0.25, 0.3) is 0 Å². The van der Waals surface area contributed by atoms with E-state index in [1.54, 1.807) is 24.3 Å². The SMILES string of the molecule is CC(NC(=O)C(C)(C)C)c1ccc(S(C)(=O)=O)cc1. The number of sulfone groups is 1. The van der Waals surface area contributed by atoms with E-state index in [0.29, 0.717) is 0 Å². The molecule has 1 aromatic carbocycles. The fourth-order valence-electron chi connectivity index (χ4n) is 1.50. The minimum atomic E-state index is -3.18. The van der Waals surface area contributed by atoms with Crippen LogP contribution >= 0.6 is 0 Å². The van der Waals surface area contributed by atoms with Gasteiger partial charge in [-0.2, -0.15) is 0 Å². The molecule has 0 saturated heterocycles. The number of rotatable bonds is 3. The first-order chi connectivity index (χ1) is 8.51. The van der Waals surface area contributed by atoms with Gasteiger partial charge in [0.05, 0.1) is 10.9 Å². The van der Waals surface area contributed by atoms with E-state index in [9.17, 15) is 13.2 Å². The third-order valence-corrected chi connectivity index (χ3v) is 3.97. The predicted molar refractivity (Wildman–Crippen MR) is 75.6 cm³/mol. The molecule has 19 heavy (non-hydrogen) atoms. The summed E-state index contributed by atoms with van der Waals surface area (Å²) in [5, 5.41) is 2.91. The zero-order chi connectivity index (χ0) is 14.8. The van der Waals surface area contributed by atoms with E-state index < -0.39 is 15.3 Å². The van der Waals surface area contributed by atoms with Gasteiger partial charge in [0.2, 0.25) is 5.91 Å². The second-order valence-electron chi connectivity index (χ2n) is 5.79. The van der Waals surface area contributed by atoms with Crippen LogP contribution in [0.1, 0.15) is 39.3 Å². The second kappa shape index (κ2) is 5.33. The molecule has 5 heteroatoms. The van der Waals surface area contributed by atoms with Crippen LogP contribution in [0.5, 0.6) is 0 Å². The lowest BCUT2D eigenvalue weighted by Gasteiger charge is -2.22. The highest BCUT2D eigenvalue weighted by molar-refractivity contribution is 7.90. The van der Waals surface area contributed by atoms with Gasteiger partial charge in [-0.1, -0.05) is 32.9 Å². The Kier molecular flexibility index (Phi) is 4.40. The Morgan fingerprint density at radius 1 is 1.16 bits per heavy atom. The van der Waals surface area contributed by atoms with Gasteiger partial charge < -0.3 is 5.32 Å². The van der Waals surface area contributed by atoms with Gasteiger partial charge in [0.1, 0.15) is 0 Å². The van der Waals surface area contributed by atoms with Crippen molar-refractivity contribution in [3.8, 4) is 0 Å². The first kappa shape index (κ1) is 15.7. The first-order valence-corrected chi connectivity index (χ1v) is 8.02. The van der Waals surface area contributed by atoms with Crippen molar-refractivity contribution in [2.75, 3.05) is 6.26 Å². The van der Waals surface area contributed by atoms with Crippen LogP contribution in [-0.2, 0) is 14.6 Å². The molecule has 0 spiro atoms. The quantitative estimate of drug-likeness (QED) is 0.926. The number of carbonyl (C=O) groups excluding carboxylic acids is 1. The number of hydrogen-bond donors (Lipinski definition) is 1. The molecule has 0 aliphatic carbocycles. The van der Waals surface area contributed by atoms with E-state index >= 15 is 0 Å². The fourth-order valence-corrected chi connectivity index (χ4v) is 2.13. The van der Waals surface area contributed by atoms with Gasteiger partial charge in [0.25, 0.3) is 0 Å². The van der Waals surface area contributed by atoms with E-state index in [4.69, 9.17) is 0 Å². The molecule has 0 heterocycles. The van der Waals surface area contributed by atoms with Crippen LogP contribution in [0.3, 0.4) is 0 Å². The Bertz CT molecular complexity index is 553. The summed E-state index contributed by atoms with van der Waals surface area (Å²) in [6.07, 6.45) is 1.17. The zero-order valence-corrected chi connectivity index (χ0v) is 12.8. The third-order valence-electron chi connectivity index (χ3n) is 2.84. The Labute approximate surface area is 115 Å². The van der Waals surface area contributed by atoms with Crippen molar-refractivity contribution in [3.63, 3.8) is 0 Å². The Morgan fingerprint density at radius 2 is 1.63 bits per heavy atom. The van der Waals surface area contributed by atoms with Crippen molar-refractivity contribution in [1.82, 2.24) is 5.32 Å². The van der Waals surface area contributed by atoms with E-state index in [1.807, 2.05) is 27.7 Å². The summed E-state index contributed by atoms with van der Waals surface area (Å²) in [6, 6.07) is 6.42. The van der Waals surface area contributed by atoms with Crippen molar-refractivity contribution >= 4 is 15.7 Å². The minimum absolute atomic E-state index is 0.0350. The lowest BCUT2D eigenvalue weighted by molar-refractivity contribution is -0.129. The topological polar surface area (TPSA) is 63.2 Å². The Morgan fingerprint density at radius 3 is 2.00 bits per heavy atom. The molecule has 1 aromatic rings. The highest BCUT2D eigenvalue weighted by Gasteiger charge is 2.23. The van der Waals surface area contributed by atoms with Gasteiger partial charge in [-0.05, 0) is 24.6 Å². The monoisotopic (exact) mass is 283 g/mol. The van der Waals surface area contributed by atoms with Gasteiger partial charge in [-0.25, -0.2) is 8.42 Å². The highest BCUT2D eigenvalue weighted by Crippen LogP contribution is 2.19. The van der Waals surface area contributed by atoms with E-state index in [-0.39, 0.29) is 16.8 Å². The second-order valence-corrected chi connectivity index (χ2v) is 7.80. The van der Waals surface area contributed by atoms with Gasteiger partial charge >= 0.3 is 0 Å². The molecule has 1 atom stereocenters. The maximum Gasteiger partial charge on any atom is 0.225 e. The van der Waals surface area contributed by atoms with Gasteiger partial charge in [-0.15, -0.1) is 0 Å². The summed E-state index contributed by atoms with van der Waals surface area (Å²) in [6.45, 7) is 7.42. The molecule has 4 nitrogen and oxygen atoms in total. The molecule has 0 aromatic heterocycles. The molecule has 0 aliphatic rings. The fraction of sp³-hybridized carbons (Fsp3) is 0.500. The van der Waals surface area contributed by atoms with Gasteiger partial charge in [0.15, 0.2) is 9.84 Å². The summed E-state index contributed by atoms with van der Waals surface area (Å²) in [5.74, 6) is -0.0350. The summed E-state index contributed by atoms with van der Waals surface area (Å²) in [4.78, 5) is 12.2. The maximum atomic E-state index is 11.9. The van der Waals surface area contributed by atoms with Crippen molar-refractivity contribution in [2.24, 2.45) is 5.41 Å². The molecule has 1 rings (SSSR count). The largest absolute Gasteiger partial charge is 0.349 e. The van der Waals surface area contributed by atoms with Crippen molar-refractivity contribution < 1.29 is 13.2 Å². The molecular formula is C14H21NO3S. The molecule has 0 radical (unpaired) electrons. The number of amides is 1. The summed E-state index contributed by atoms with van der Waals surface area (Å²) >= 11 is 0. The summed E-state index contributed by atoms with van der Waals surface area (Å²) in [5.41, 5.74) is 0.436. The van der Waals surface area contributed by atoms with Crippen LogP contribution < -0.4 is 5.32 Å². The molecule has 0 saturated carbocycles. The maximum absolute atomic E-state index is 11.9. The van der Waals surface area contributed by atoms with Crippen molar-refractivity contribution in [2.45, 2.75) is 38.6 Å². The summed E-state index contributed by atoms with van der Waals surface area (Å²) < 4.78 is 22.7. The molecule has 106 valence electrons. The van der Waals surface area contributed by atoms with Crippen LogP contribution in [0.15, 0.2) is 29.2 Å². The van der Waals surface area contributed by atoms with Crippen molar-refractivity contribution in [1.29, 1.82) is 0 Å². The van der Waals surface area contributed by atoms with Crippen LogP contribution in [0.2, 0.25) is 0 Å². The normalized spacial score (nSPS) is 13.9. The third kappa shape index (κ3) is 4.35. The molecule has 0 fully saturated rings. The molecule has 1 unspecified atom stereocenters. The average Bonchev–Trinajstić information content (AvgIpc) is 2.26. The smallest absolute Gasteiger partial charge is 0.225 e. The zero-order valence-electron chi connectivity index (χ0n) is 12.0. The van der Waals surface area contributed by atoms with E-state index in [0.717, 1.165) is 5.56 Å². The number of carbonyl (C=O) groups is 1. The Balaban J connectivity index is 2.85. The number of nitrogens with one attached hydrogen (secondary N) is 1. The average molecular weight is 283 g/mol. The van der Waals surface area contributed by atoms with Gasteiger partial charge in [0, 0.05) is 11.7 Å². The lowest BCUT2D eigenvalue weighted by atomic mass is 9.95. The highest BCUT2D eigenvalue weighted by atomic mass is 32.2. The van der Waals surface area contributed by atoms with Crippen LogP contribution in [-0.4, -0.2) is 20.6 Å². The number of hydrogen-bond acceptors (Lipinski definition) is 3. The molecular weight excluding hydrogens is 262 g/mol. The Hall–Kier alpha value is -1.36. The number of benzene rings is 1. The molecule has 0 aliphatic heterocycles. The van der Waals surface area contributed by atoms with Crippen LogP contribution in [0, 0.1) is 5.41 Å². The minimum Gasteiger partial charge on any atom is -0.349 e. The lowest BCUT2D eigenvalue weighted by Crippen LogP contribution is -2.36. The van der Waals surface area contributed by atoms with E-state index in [2.05, 4.69) is 5.32 Å². The molecule has 1 amide bonds. The molecule has 0 bridgehead atoms.